The Labute approximate surface area is 110 Å². The highest BCUT2D eigenvalue weighted by Gasteiger charge is 2.11. The van der Waals surface area contributed by atoms with Crippen molar-refractivity contribution in [2.24, 2.45) is 11.8 Å². The Hall–Kier alpha value is -1.31. The molecule has 0 amide bonds. The first-order chi connectivity index (χ1) is 8.54. The number of ether oxygens (including phenoxy) is 1. The van der Waals surface area contributed by atoms with Crippen molar-refractivity contribution in [1.82, 2.24) is 0 Å². The lowest BCUT2D eigenvalue weighted by Gasteiger charge is -2.19. The van der Waals surface area contributed by atoms with E-state index in [9.17, 15) is 4.79 Å². The number of esters is 1. The lowest BCUT2D eigenvalue weighted by atomic mass is 9.87. The molecule has 0 unspecified atom stereocenters. The zero-order chi connectivity index (χ0) is 13.5. The van der Waals surface area contributed by atoms with Gasteiger partial charge in [-0.25, -0.2) is 4.79 Å². The Morgan fingerprint density at radius 1 is 1.56 bits per heavy atom. The van der Waals surface area contributed by atoms with Crippen LogP contribution in [0.3, 0.4) is 0 Å². The molecular formula is C16H24O2. The molecule has 0 aromatic rings. The molecule has 1 rings (SSSR count). The molecule has 0 saturated heterocycles. The van der Waals surface area contributed by atoms with Crippen LogP contribution in [0, 0.1) is 11.8 Å². The number of methoxy groups -OCH3 is 1. The Bertz CT molecular complexity index is 373. The van der Waals surface area contributed by atoms with Gasteiger partial charge in [-0.15, -0.1) is 0 Å². The first-order valence-corrected chi connectivity index (χ1v) is 6.67. The minimum absolute atomic E-state index is 0.233. The average Bonchev–Trinajstić information content (AvgIpc) is 2.38. The predicted molar refractivity (Wildman–Crippen MR) is 75.2 cm³/mol. The third-order valence-corrected chi connectivity index (χ3v) is 3.46. The topological polar surface area (TPSA) is 26.3 Å². The number of hydrogen-bond acceptors (Lipinski definition) is 2. The average molecular weight is 248 g/mol. The Kier molecular flexibility index (Phi) is 5.90. The molecule has 1 aliphatic carbocycles. The van der Waals surface area contributed by atoms with Crippen molar-refractivity contribution in [3.8, 4) is 0 Å². The van der Waals surface area contributed by atoms with E-state index in [1.165, 1.54) is 12.7 Å². The Morgan fingerprint density at radius 2 is 2.28 bits per heavy atom. The number of allylic oxidation sites excluding steroid dienone is 5. The van der Waals surface area contributed by atoms with E-state index in [-0.39, 0.29) is 5.97 Å². The third kappa shape index (κ3) is 4.52. The maximum Gasteiger partial charge on any atom is 0.333 e. The summed E-state index contributed by atoms with van der Waals surface area (Å²) in [4.78, 5) is 11.2. The number of carbonyl (C=O) groups excluding carboxylic acids is 1. The van der Waals surface area contributed by atoms with E-state index in [1.54, 1.807) is 6.92 Å². The molecule has 0 radical (unpaired) electrons. The number of hydrogen-bond donors (Lipinski definition) is 0. The SMILES string of the molecule is COC(=O)/C(C)=C/CCC1=CC[C@H](C(C)C)C=C1. The maximum atomic E-state index is 11.2. The van der Waals surface area contributed by atoms with E-state index in [0.29, 0.717) is 17.4 Å². The predicted octanol–water partition coefficient (Wildman–Crippen LogP) is 4.04. The molecule has 0 saturated carbocycles. The Morgan fingerprint density at radius 3 is 2.78 bits per heavy atom. The monoisotopic (exact) mass is 248 g/mol. The van der Waals surface area contributed by atoms with Crippen LogP contribution in [-0.4, -0.2) is 13.1 Å². The fraction of sp³-hybridized carbons (Fsp3) is 0.562. The van der Waals surface area contributed by atoms with E-state index in [2.05, 4.69) is 36.8 Å². The molecule has 0 bridgehead atoms. The summed E-state index contributed by atoms with van der Waals surface area (Å²) in [5.41, 5.74) is 2.07. The summed E-state index contributed by atoms with van der Waals surface area (Å²) >= 11 is 0. The first kappa shape index (κ1) is 14.7. The summed E-state index contributed by atoms with van der Waals surface area (Å²) in [6.07, 6.45) is 11.9. The van der Waals surface area contributed by atoms with Gasteiger partial charge in [0.2, 0.25) is 0 Å². The highest BCUT2D eigenvalue weighted by Crippen LogP contribution is 2.25. The summed E-state index contributed by atoms with van der Waals surface area (Å²) in [6, 6.07) is 0. The van der Waals surface area contributed by atoms with Crippen LogP contribution in [0.25, 0.3) is 0 Å². The van der Waals surface area contributed by atoms with Crippen LogP contribution in [-0.2, 0) is 9.53 Å². The van der Waals surface area contributed by atoms with Crippen molar-refractivity contribution in [2.45, 2.75) is 40.0 Å². The molecule has 2 nitrogen and oxygen atoms in total. The summed E-state index contributed by atoms with van der Waals surface area (Å²) in [6.45, 7) is 6.32. The van der Waals surface area contributed by atoms with Gasteiger partial charge in [-0.1, -0.05) is 43.7 Å². The summed E-state index contributed by atoms with van der Waals surface area (Å²) in [5, 5.41) is 0. The minimum Gasteiger partial charge on any atom is -0.466 e. The van der Waals surface area contributed by atoms with Gasteiger partial charge < -0.3 is 4.74 Å². The summed E-state index contributed by atoms with van der Waals surface area (Å²) in [5.74, 6) is 1.16. The van der Waals surface area contributed by atoms with Crippen LogP contribution in [0.4, 0.5) is 0 Å². The normalized spacial score (nSPS) is 19.9. The zero-order valence-corrected chi connectivity index (χ0v) is 11.9. The van der Waals surface area contributed by atoms with Crippen LogP contribution >= 0.6 is 0 Å². The molecule has 2 heteroatoms. The number of rotatable bonds is 5. The zero-order valence-electron chi connectivity index (χ0n) is 11.9. The van der Waals surface area contributed by atoms with Gasteiger partial charge in [0, 0.05) is 5.57 Å². The van der Waals surface area contributed by atoms with Crippen molar-refractivity contribution in [3.05, 3.63) is 35.5 Å². The molecule has 0 N–H and O–H groups in total. The maximum absolute atomic E-state index is 11.2. The van der Waals surface area contributed by atoms with Crippen molar-refractivity contribution in [1.29, 1.82) is 0 Å². The lowest BCUT2D eigenvalue weighted by molar-refractivity contribution is -0.136. The van der Waals surface area contributed by atoms with E-state index >= 15 is 0 Å². The molecule has 0 aliphatic heterocycles. The molecular weight excluding hydrogens is 224 g/mol. The highest BCUT2D eigenvalue weighted by atomic mass is 16.5. The quantitative estimate of drug-likeness (QED) is 0.542. The van der Waals surface area contributed by atoms with Gasteiger partial charge in [0.25, 0.3) is 0 Å². The second kappa shape index (κ2) is 7.20. The smallest absolute Gasteiger partial charge is 0.333 e. The largest absolute Gasteiger partial charge is 0.466 e. The molecule has 0 heterocycles. The molecule has 0 spiro atoms. The third-order valence-electron chi connectivity index (χ3n) is 3.46. The van der Waals surface area contributed by atoms with Gasteiger partial charge in [0.1, 0.15) is 0 Å². The molecule has 18 heavy (non-hydrogen) atoms. The van der Waals surface area contributed by atoms with Crippen molar-refractivity contribution < 1.29 is 9.53 Å². The Balaban J connectivity index is 2.39. The molecule has 1 aliphatic rings. The van der Waals surface area contributed by atoms with Gasteiger partial charge in [-0.2, -0.15) is 0 Å². The van der Waals surface area contributed by atoms with Crippen LogP contribution < -0.4 is 0 Å². The van der Waals surface area contributed by atoms with Crippen molar-refractivity contribution >= 4 is 5.97 Å². The molecule has 100 valence electrons. The molecule has 1 atom stereocenters. The van der Waals surface area contributed by atoms with E-state index in [4.69, 9.17) is 0 Å². The van der Waals surface area contributed by atoms with Crippen LogP contribution in [0.2, 0.25) is 0 Å². The standard InChI is InChI=1S/C16H24O2/c1-12(2)15-10-8-14(9-11-15)7-5-6-13(3)16(17)18-4/h6,8-10,12,15H,5,7,11H2,1-4H3/b13-6+/t15-/m1/s1. The second-order valence-electron chi connectivity index (χ2n) is 5.20. The van der Waals surface area contributed by atoms with Crippen LogP contribution in [0.1, 0.15) is 40.0 Å². The first-order valence-electron chi connectivity index (χ1n) is 6.67. The van der Waals surface area contributed by atoms with Gasteiger partial charge in [-0.3, -0.25) is 0 Å². The minimum atomic E-state index is -0.233. The second-order valence-corrected chi connectivity index (χ2v) is 5.20. The highest BCUT2D eigenvalue weighted by molar-refractivity contribution is 5.87. The van der Waals surface area contributed by atoms with Gasteiger partial charge in [0.15, 0.2) is 0 Å². The van der Waals surface area contributed by atoms with E-state index in [0.717, 1.165) is 19.3 Å². The lowest BCUT2D eigenvalue weighted by Crippen LogP contribution is -2.07. The van der Waals surface area contributed by atoms with Gasteiger partial charge >= 0.3 is 5.97 Å². The van der Waals surface area contributed by atoms with Gasteiger partial charge in [-0.05, 0) is 38.0 Å². The van der Waals surface area contributed by atoms with Crippen LogP contribution in [0.15, 0.2) is 35.5 Å². The van der Waals surface area contributed by atoms with Gasteiger partial charge in [0.05, 0.1) is 7.11 Å². The summed E-state index contributed by atoms with van der Waals surface area (Å²) in [7, 11) is 1.41. The summed E-state index contributed by atoms with van der Waals surface area (Å²) < 4.78 is 4.66. The fourth-order valence-corrected chi connectivity index (χ4v) is 2.06. The van der Waals surface area contributed by atoms with Crippen LogP contribution in [0.5, 0.6) is 0 Å². The van der Waals surface area contributed by atoms with E-state index in [1.807, 2.05) is 6.08 Å². The van der Waals surface area contributed by atoms with Crippen molar-refractivity contribution in [2.75, 3.05) is 7.11 Å². The molecule has 0 aromatic heterocycles. The molecule has 0 fully saturated rings. The van der Waals surface area contributed by atoms with E-state index < -0.39 is 0 Å². The molecule has 0 aromatic carbocycles. The number of carbonyl (C=O) groups is 1. The fourth-order valence-electron chi connectivity index (χ4n) is 2.06. The van der Waals surface area contributed by atoms with Crippen molar-refractivity contribution in [3.63, 3.8) is 0 Å².